The predicted octanol–water partition coefficient (Wildman–Crippen LogP) is 2.33. The van der Waals surface area contributed by atoms with Gasteiger partial charge in [0.2, 0.25) is 0 Å². The second-order valence-electron chi connectivity index (χ2n) is 6.11. The van der Waals surface area contributed by atoms with Gasteiger partial charge < -0.3 is 15.2 Å². The first-order valence-corrected chi connectivity index (χ1v) is 7.44. The van der Waals surface area contributed by atoms with Gasteiger partial charge in [-0.05, 0) is 23.8 Å². The minimum atomic E-state index is -0.287. The molecule has 0 saturated heterocycles. The van der Waals surface area contributed by atoms with Crippen LogP contribution in [0.1, 0.15) is 38.2 Å². The van der Waals surface area contributed by atoms with Gasteiger partial charge in [0, 0.05) is 19.7 Å². The van der Waals surface area contributed by atoms with Gasteiger partial charge in [0.15, 0.2) is 0 Å². The summed E-state index contributed by atoms with van der Waals surface area (Å²) < 4.78 is 4.90. The van der Waals surface area contributed by atoms with Gasteiger partial charge in [-0.2, -0.15) is 0 Å². The van der Waals surface area contributed by atoms with E-state index in [-0.39, 0.29) is 23.9 Å². The van der Waals surface area contributed by atoms with E-state index < -0.39 is 0 Å². The first kappa shape index (κ1) is 17.7. The summed E-state index contributed by atoms with van der Waals surface area (Å²) in [4.78, 5) is 11.9. The molecule has 2 N–H and O–H groups in total. The van der Waals surface area contributed by atoms with E-state index in [1.54, 1.807) is 0 Å². The van der Waals surface area contributed by atoms with Crippen LogP contribution in [0.2, 0.25) is 0 Å². The van der Waals surface area contributed by atoms with Crippen molar-refractivity contribution in [3.63, 3.8) is 0 Å². The van der Waals surface area contributed by atoms with E-state index in [0.717, 1.165) is 24.9 Å². The van der Waals surface area contributed by atoms with E-state index in [1.807, 2.05) is 30.3 Å². The first-order valence-electron chi connectivity index (χ1n) is 7.44. The summed E-state index contributed by atoms with van der Waals surface area (Å²) in [5.41, 5.74) is 1.06. The van der Waals surface area contributed by atoms with Gasteiger partial charge in [0.25, 0.3) is 0 Å². The van der Waals surface area contributed by atoms with Crippen molar-refractivity contribution in [3.05, 3.63) is 35.9 Å². The molecule has 0 radical (unpaired) electrons. The smallest absolute Gasteiger partial charge is 0.314 e. The van der Waals surface area contributed by atoms with Crippen molar-refractivity contribution >= 4 is 5.97 Å². The number of benzene rings is 1. The number of esters is 1. The lowest BCUT2D eigenvalue weighted by atomic mass is 9.87. The summed E-state index contributed by atoms with van der Waals surface area (Å²) in [5, 5.41) is 12.3. The molecule has 0 bridgehead atoms. The van der Waals surface area contributed by atoms with Crippen molar-refractivity contribution in [1.82, 2.24) is 5.32 Å². The number of carbonyl (C=O) groups is 1. The third kappa shape index (κ3) is 6.27. The van der Waals surface area contributed by atoms with Gasteiger partial charge in [-0.3, -0.25) is 4.79 Å². The number of methoxy groups -OCH3 is 1. The maximum absolute atomic E-state index is 11.9. The van der Waals surface area contributed by atoms with Crippen LogP contribution in [0.4, 0.5) is 0 Å². The Labute approximate surface area is 127 Å². The molecule has 0 fully saturated rings. The van der Waals surface area contributed by atoms with E-state index in [2.05, 4.69) is 19.2 Å². The first-order chi connectivity index (χ1) is 10.00. The third-order valence-electron chi connectivity index (χ3n) is 3.65. The minimum absolute atomic E-state index is 0.0973. The molecule has 1 rings (SSSR count). The molecule has 0 aliphatic carbocycles. The van der Waals surface area contributed by atoms with Crippen molar-refractivity contribution in [2.75, 3.05) is 26.8 Å². The Hall–Kier alpha value is -1.39. The highest BCUT2D eigenvalue weighted by Crippen LogP contribution is 2.22. The fraction of sp³-hybridized carbons (Fsp3) is 0.588. The molecular formula is C17H27NO3. The average Bonchev–Trinajstić information content (AvgIpc) is 2.50. The summed E-state index contributed by atoms with van der Waals surface area (Å²) in [7, 11) is 1.42. The highest BCUT2D eigenvalue weighted by atomic mass is 16.5. The third-order valence-corrected chi connectivity index (χ3v) is 3.65. The van der Waals surface area contributed by atoms with Crippen LogP contribution in [0, 0.1) is 5.41 Å². The van der Waals surface area contributed by atoms with E-state index in [0.29, 0.717) is 6.54 Å². The van der Waals surface area contributed by atoms with Crippen molar-refractivity contribution in [2.24, 2.45) is 5.41 Å². The minimum Gasteiger partial charge on any atom is -0.469 e. The summed E-state index contributed by atoms with van der Waals surface area (Å²) in [6.45, 7) is 5.89. The quantitative estimate of drug-likeness (QED) is 0.686. The second kappa shape index (κ2) is 8.80. The maximum Gasteiger partial charge on any atom is 0.314 e. The molecule has 0 aromatic heterocycles. The van der Waals surface area contributed by atoms with Gasteiger partial charge in [-0.15, -0.1) is 0 Å². The molecular weight excluding hydrogens is 266 g/mol. The zero-order chi connectivity index (χ0) is 15.7. The van der Waals surface area contributed by atoms with Gasteiger partial charge >= 0.3 is 5.97 Å². The summed E-state index contributed by atoms with van der Waals surface area (Å²) in [6.07, 6.45) is 1.75. The van der Waals surface area contributed by atoms with Crippen LogP contribution in [0.15, 0.2) is 30.3 Å². The number of hydrogen-bond donors (Lipinski definition) is 2. The summed E-state index contributed by atoms with van der Waals surface area (Å²) in [5.74, 6) is -0.508. The molecule has 0 aliphatic rings. The highest BCUT2D eigenvalue weighted by Gasteiger charge is 2.23. The number of aliphatic hydroxyl groups excluding tert-OH is 1. The van der Waals surface area contributed by atoms with Gasteiger partial charge in [-0.1, -0.05) is 44.2 Å². The molecule has 1 unspecified atom stereocenters. The summed E-state index contributed by atoms with van der Waals surface area (Å²) >= 11 is 0. The van der Waals surface area contributed by atoms with Crippen LogP contribution < -0.4 is 5.32 Å². The monoisotopic (exact) mass is 293 g/mol. The lowest BCUT2D eigenvalue weighted by Crippen LogP contribution is -2.34. The van der Waals surface area contributed by atoms with E-state index in [4.69, 9.17) is 9.84 Å². The van der Waals surface area contributed by atoms with Gasteiger partial charge in [-0.25, -0.2) is 0 Å². The molecule has 1 aromatic carbocycles. The Bertz CT molecular complexity index is 417. The Morgan fingerprint density at radius 1 is 1.33 bits per heavy atom. The van der Waals surface area contributed by atoms with Crippen LogP contribution in [-0.2, 0) is 9.53 Å². The number of aliphatic hydroxyl groups is 1. The van der Waals surface area contributed by atoms with Crippen LogP contribution in [0.3, 0.4) is 0 Å². The number of hydrogen-bond acceptors (Lipinski definition) is 4. The Balaban J connectivity index is 2.57. The van der Waals surface area contributed by atoms with Crippen LogP contribution in [0.25, 0.3) is 0 Å². The standard InChI is InChI=1S/C17H27NO3/c1-17(2,10-7-11-19)13-18-12-15(16(20)21-3)14-8-5-4-6-9-14/h4-6,8-9,15,18-19H,7,10-13H2,1-3H3. The van der Waals surface area contributed by atoms with Crippen LogP contribution >= 0.6 is 0 Å². The molecule has 21 heavy (non-hydrogen) atoms. The largest absolute Gasteiger partial charge is 0.469 e. The Kier molecular flexibility index (Phi) is 7.40. The number of nitrogens with one attached hydrogen (secondary N) is 1. The number of rotatable bonds is 9. The fourth-order valence-corrected chi connectivity index (χ4v) is 2.37. The van der Waals surface area contributed by atoms with Crippen LogP contribution in [-0.4, -0.2) is 37.9 Å². The molecule has 0 amide bonds. The molecule has 4 heteroatoms. The number of ether oxygens (including phenoxy) is 1. The SMILES string of the molecule is COC(=O)C(CNCC(C)(C)CCCO)c1ccccc1. The van der Waals surface area contributed by atoms with Crippen molar-refractivity contribution in [1.29, 1.82) is 0 Å². The van der Waals surface area contributed by atoms with E-state index >= 15 is 0 Å². The second-order valence-corrected chi connectivity index (χ2v) is 6.11. The maximum atomic E-state index is 11.9. The Morgan fingerprint density at radius 3 is 2.57 bits per heavy atom. The van der Waals surface area contributed by atoms with E-state index in [1.165, 1.54) is 7.11 Å². The van der Waals surface area contributed by atoms with Crippen molar-refractivity contribution in [3.8, 4) is 0 Å². The molecule has 4 nitrogen and oxygen atoms in total. The highest BCUT2D eigenvalue weighted by molar-refractivity contribution is 5.78. The fourth-order valence-electron chi connectivity index (χ4n) is 2.37. The molecule has 1 aromatic rings. The van der Waals surface area contributed by atoms with Gasteiger partial charge in [0.05, 0.1) is 13.0 Å². The molecule has 118 valence electrons. The number of carbonyl (C=O) groups excluding carboxylic acids is 1. The van der Waals surface area contributed by atoms with Crippen molar-refractivity contribution < 1.29 is 14.6 Å². The zero-order valence-corrected chi connectivity index (χ0v) is 13.3. The normalized spacial score (nSPS) is 13.0. The topological polar surface area (TPSA) is 58.6 Å². The lowest BCUT2D eigenvalue weighted by Gasteiger charge is -2.26. The van der Waals surface area contributed by atoms with E-state index in [9.17, 15) is 4.79 Å². The molecule has 0 heterocycles. The molecule has 1 atom stereocenters. The zero-order valence-electron chi connectivity index (χ0n) is 13.3. The molecule has 0 spiro atoms. The molecule has 0 aliphatic heterocycles. The Morgan fingerprint density at radius 2 is 2.00 bits per heavy atom. The molecule has 0 saturated carbocycles. The van der Waals surface area contributed by atoms with Crippen LogP contribution in [0.5, 0.6) is 0 Å². The lowest BCUT2D eigenvalue weighted by molar-refractivity contribution is -0.142. The average molecular weight is 293 g/mol. The van der Waals surface area contributed by atoms with Crippen molar-refractivity contribution in [2.45, 2.75) is 32.6 Å². The van der Waals surface area contributed by atoms with Gasteiger partial charge in [0.1, 0.15) is 0 Å². The summed E-state index contributed by atoms with van der Waals surface area (Å²) in [6, 6.07) is 9.68. The predicted molar refractivity (Wildman–Crippen MR) is 84.2 cm³/mol.